The Bertz CT molecular complexity index is 1120. The fourth-order valence-corrected chi connectivity index (χ4v) is 4.18. The van der Waals surface area contributed by atoms with E-state index in [1.54, 1.807) is 12.1 Å². The molecule has 0 heterocycles. The molecule has 0 spiro atoms. The van der Waals surface area contributed by atoms with Crippen LogP contribution in [0.2, 0.25) is 6.32 Å². The van der Waals surface area contributed by atoms with Gasteiger partial charge < -0.3 is 10.1 Å². The molecule has 0 saturated carbocycles. The van der Waals surface area contributed by atoms with Crippen LogP contribution < -0.4 is 10.6 Å². The molecule has 0 aliphatic heterocycles. The molecule has 7 nitrogen and oxygen atoms in total. The lowest BCUT2D eigenvalue weighted by atomic mass is 9.97. The quantitative estimate of drug-likeness (QED) is 0.124. The van der Waals surface area contributed by atoms with Gasteiger partial charge in [0.15, 0.2) is 0 Å². The van der Waals surface area contributed by atoms with Crippen LogP contribution >= 0.6 is 0 Å². The second kappa shape index (κ2) is 22.0. The predicted octanol–water partition coefficient (Wildman–Crippen LogP) is 6.10. The van der Waals surface area contributed by atoms with Gasteiger partial charge in [0.2, 0.25) is 5.91 Å². The van der Waals surface area contributed by atoms with Crippen LogP contribution in [-0.4, -0.2) is 51.3 Å². The molecule has 2 atom stereocenters. The molecule has 224 valence electrons. The minimum absolute atomic E-state index is 0.132. The van der Waals surface area contributed by atoms with Crippen molar-refractivity contribution in [1.82, 2.24) is 10.6 Å². The average Bonchev–Trinajstić information content (AvgIpc) is 3.05. The highest BCUT2D eigenvalue weighted by molar-refractivity contribution is 6.08. The van der Waals surface area contributed by atoms with Crippen molar-refractivity contribution in [2.24, 2.45) is 0 Å². The van der Waals surface area contributed by atoms with E-state index in [-0.39, 0.29) is 13.0 Å². The summed E-state index contributed by atoms with van der Waals surface area (Å²) < 4.78 is 6.22. The molecule has 2 radical (unpaired) electrons. The molecule has 0 bridgehead atoms. The SMILES string of the molecule is CC.CC.[BH]CCCCC(NC(=O)C(Cc1ccccc1)NC(=O)OCC1=CCCC=C1)[N+](=O)c1ccc(C[BH])cc1. The number of carbonyl (C=O) groups is 2. The van der Waals surface area contributed by atoms with Gasteiger partial charge in [-0.05, 0) is 30.4 Å². The Morgan fingerprint density at radius 3 is 2.19 bits per heavy atom. The molecule has 0 saturated heterocycles. The summed E-state index contributed by atoms with van der Waals surface area (Å²) in [4.78, 5) is 39.4. The standard InChI is InChI=1S/C29H35B2N3O4.2C2H6/c30-18-8-7-13-27(34(37)25-16-14-23(20-31)15-17-25)33-28(35)26(19-22-9-3-1-4-10-22)32-29(36)38-21-24-11-5-2-6-12-24;2*1-2/h1,3-5,9-12,14-17,26-27,30-31H,2,6-8,13,18-21H2,(H-,32,33,35,36);2*1-2H3/p+1. The first kappa shape index (κ1) is 36.4. The van der Waals surface area contributed by atoms with Gasteiger partial charge in [0.1, 0.15) is 12.6 Å². The van der Waals surface area contributed by atoms with Gasteiger partial charge in [-0.25, -0.2) is 4.79 Å². The summed E-state index contributed by atoms with van der Waals surface area (Å²) in [5.74, 6) is -0.447. The van der Waals surface area contributed by atoms with Crippen LogP contribution in [0.5, 0.6) is 0 Å². The zero-order chi connectivity index (χ0) is 31.2. The van der Waals surface area contributed by atoms with Crippen molar-refractivity contribution in [3.8, 4) is 0 Å². The van der Waals surface area contributed by atoms with Crippen LogP contribution in [0.1, 0.15) is 70.9 Å². The lowest BCUT2D eigenvalue weighted by Crippen LogP contribution is -2.52. The van der Waals surface area contributed by atoms with E-state index in [9.17, 15) is 14.5 Å². The normalized spacial score (nSPS) is 13.1. The summed E-state index contributed by atoms with van der Waals surface area (Å²) in [5.41, 5.74) is 3.27. The fourth-order valence-electron chi connectivity index (χ4n) is 4.18. The Kier molecular flexibility index (Phi) is 19.1. The number of ether oxygens (including phenoxy) is 1. The van der Waals surface area contributed by atoms with Crippen LogP contribution in [0.3, 0.4) is 0 Å². The fraction of sp³-hybridized carbons (Fsp3) is 0.455. The maximum absolute atomic E-state index is 13.5. The molecule has 2 aromatic carbocycles. The first-order chi connectivity index (χ1) is 20.5. The molecule has 3 rings (SSSR count). The molecule has 2 unspecified atom stereocenters. The smallest absolute Gasteiger partial charge is 0.408 e. The van der Waals surface area contributed by atoms with Crippen LogP contribution in [-0.2, 0) is 22.3 Å². The summed E-state index contributed by atoms with van der Waals surface area (Å²) in [6, 6.07) is 15.7. The number of allylic oxidation sites excluding steroid dienone is 2. The van der Waals surface area contributed by atoms with E-state index in [0.717, 1.165) is 53.5 Å². The van der Waals surface area contributed by atoms with Gasteiger partial charge in [0, 0.05) is 29.9 Å². The number of nitrogens with one attached hydrogen (secondary N) is 2. The number of amides is 2. The van der Waals surface area contributed by atoms with Crippen LogP contribution in [0.25, 0.3) is 0 Å². The van der Waals surface area contributed by atoms with E-state index >= 15 is 0 Å². The molecule has 9 heteroatoms. The van der Waals surface area contributed by atoms with Crippen LogP contribution in [0.4, 0.5) is 10.5 Å². The first-order valence-electron chi connectivity index (χ1n) is 15.3. The molecular formula is C33H48B2N3O4+. The van der Waals surface area contributed by atoms with Gasteiger partial charge in [-0.15, -0.1) is 0 Å². The molecule has 2 aromatic rings. The van der Waals surface area contributed by atoms with E-state index in [2.05, 4.69) is 26.3 Å². The van der Waals surface area contributed by atoms with Gasteiger partial charge >= 0.3 is 6.09 Å². The lowest BCUT2D eigenvalue weighted by molar-refractivity contribution is -0.512. The van der Waals surface area contributed by atoms with Gasteiger partial charge in [-0.2, -0.15) is 0 Å². The molecule has 42 heavy (non-hydrogen) atoms. The zero-order valence-corrected chi connectivity index (χ0v) is 25.9. The predicted molar refractivity (Wildman–Crippen MR) is 176 cm³/mol. The minimum Gasteiger partial charge on any atom is -0.445 e. The van der Waals surface area contributed by atoms with Gasteiger partial charge in [-0.1, -0.05) is 113 Å². The number of alkyl carbamates (subject to hydrolysis) is 1. The summed E-state index contributed by atoms with van der Waals surface area (Å²) in [6.07, 6.45) is 10.1. The Hall–Kier alpha value is -3.61. The van der Waals surface area contributed by atoms with E-state index < -0.39 is 24.2 Å². The Morgan fingerprint density at radius 1 is 0.905 bits per heavy atom. The van der Waals surface area contributed by atoms with Crippen molar-refractivity contribution >= 4 is 33.4 Å². The average molecular weight is 572 g/mol. The molecule has 0 aromatic heterocycles. The number of hydrogen-bond donors (Lipinski definition) is 2. The van der Waals surface area contributed by atoms with Crippen molar-refractivity contribution in [3.63, 3.8) is 0 Å². The second-order valence-corrected chi connectivity index (χ2v) is 9.34. The molecular weight excluding hydrogens is 524 g/mol. The van der Waals surface area contributed by atoms with Gasteiger partial charge in [-0.3, -0.25) is 10.1 Å². The molecule has 2 amide bonds. The monoisotopic (exact) mass is 572 g/mol. The number of nitroso groups, excluding NO2 is 1. The maximum atomic E-state index is 13.5. The Labute approximate surface area is 255 Å². The van der Waals surface area contributed by atoms with Gasteiger partial charge in [0.05, 0.1) is 20.5 Å². The summed E-state index contributed by atoms with van der Waals surface area (Å²) in [6.45, 7) is 8.13. The van der Waals surface area contributed by atoms with E-state index in [1.807, 2.05) is 88.4 Å². The zero-order valence-electron chi connectivity index (χ0n) is 25.9. The first-order valence-corrected chi connectivity index (χ1v) is 15.3. The van der Waals surface area contributed by atoms with Crippen molar-refractivity contribution in [2.45, 2.75) is 91.1 Å². The van der Waals surface area contributed by atoms with E-state index in [4.69, 9.17) is 4.74 Å². The van der Waals surface area contributed by atoms with E-state index in [1.165, 1.54) is 0 Å². The summed E-state index contributed by atoms with van der Waals surface area (Å²) in [7, 11) is 7.74. The highest BCUT2D eigenvalue weighted by Crippen LogP contribution is 2.18. The third-order valence-electron chi connectivity index (χ3n) is 6.38. The summed E-state index contributed by atoms with van der Waals surface area (Å²) >= 11 is 0. The number of nitrogens with zero attached hydrogens (tertiary/aromatic N) is 1. The number of carbonyl (C=O) groups excluding carboxylic acids is 2. The second-order valence-electron chi connectivity index (χ2n) is 9.34. The van der Waals surface area contributed by atoms with Crippen LogP contribution in [0.15, 0.2) is 78.4 Å². The molecule has 0 fully saturated rings. The molecule has 2 N–H and O–H groups in total. The van der Waals surface area contributed by atoms with Crippen LogP contribution in [0, 0.1) is 4.91 Å². The number of rotatable bonds is 14. The molecule has 1 aliphatic rings. The largest absolute Gasteiger partial charge is 0.445 e. The Balaban J connectivity index is 0.00000211. The topological polar surface area (TPSA) is 87.5 Å². The lowest BCUT2D eigenvalue weighted by Gasteiger charge is -2.20. The molecule has 1 aliphatic carbocycles. The number of benzene rings is 2. The van der Waals surface area contributed by atoms with Crippen molar-refractivity contribution < 1.29 is 19.1 Å². The van der Waals surface area contributed by atoms with Crippen molar-refractivity contribution in [3.05, 3.63) is 94.4 Å². The number of hydrogen-bond acceptors (Lipinski definition) is 4. The minimum atomic E-state index is -0.918. The third kappa shape index (κ3) is 13.4. The number of unbranched alkanes of at least 4 members (excludes halogenated alkanes) is 1. The van der Waals surface area contributed by atoms with Gasteiger partial charge in [0.25, 0.3) is 11.9 Å². The Morgan fingerprint density at radius 2 is 1.60 bits per heavy atom. The van der Waals surface area contributed by atoms with E-state index in [0.29, 0.717) is 18.4 Å². The third-order valence-corrected chi connectivity index (χ3v) is 6.38. The highest BCUT2D eigenvalue weighted by Gasteiger charge is 2.32. The summed E-state index contributed by atoms with van der Waals surface area (Å²) in [5, 5.41) is 5.59. The van der Waals surface area contributed by atoms with Crippen molar-refractivity contribution in [2.75, 3.05) is 6.61 Å². The van der Waals surface area contributed by atoms with Crippen molar-refractivity contribution in [1.29, 1.82) is 0 Å². The highest BCUT2D eigenvalue weighted by atomic mass is 16.5. The maximum Gasteiger partial charge on any atom is 0.408 e.